The molecule has 1 aromatic rings. The van der Waals surface area contributed by atoms with E-state index in [0.717, 1.165) is 0 Å². The second-order valence-corrected chi connectivity index (χ2v) is 15.6. The molecule has 4 heteroatoms. The van der Waals surface area contributed by atoms with Crippen LogP contribution in [-0.4, -0.2) is 28.8 Å². The van der Waals surface area contributed by atoms with Gasteiger partial charge in [-0.25, -0.2) is 0 Å². The van der Waals surface area contributed by atoms with Crippen molar-refractivity contribution in [2.24, 2.45) is 0 Å². The van der Waals surface area contributed by atoms with E-state index in [2.05, 4.69) is 77.7 Å². The van der Waals surface area contributed by atoms with Gasteiger partial charge in [-0.15, -0.1) is 0 Å². The van der Waals surface area contributed by atoms with Gasteiger partial charge < -0.3 is 8.85 Å². The van der Waals surface area contributed by atoms with E-state index in [4.69, 9.17) is 8.85 Å². The Hall–Kier alpha value is -0.426. The molecule has 0 saturated heterocycles. The predicted octanol–water partition coefficient (Wildman–Crippen LogP) is 4.91. The van der Waals surface area contributed by atoms with Crippen molar-refractivity contribution in [3.05, 3.63) is 30.3 Å². The maximum absolute atomic E-state index is 6.43. The second kappa shape index (κ2) is 8.43. The summed E-state index contributed by atoms with van der Waals surface area (Å²) in [5.41, 5.74) is 0. The van der Waals surface area contributed by atoms with Gasteiger partial charge in [0.1, 0.15) is 0 Å². The van der Waals surface area contributed by atoms with Crippen molar-refractivity contribution < 1.29 is 8.85 Å². The van der Waals surface area contributed by atoms with Crippen molar-refractivity contribution >= 4 is 21.8 Å². The molecular formula is C18H34O2Si2. The summed E-state index contributed by atoms with van der Waals surface area (Å²) in [7, 11) is -3.40. The Morgan fingerprint density at radius 3 is 1.86 bits per heavy atom. The average molecular weight is 339 g/mol. The first-order valence-electron chi connectivity index (χ1n) is 8.56. The normalized spacial score (nSPS) is 15.3. The highest BCUT2D eigenvalue weighted by molar-refractivity contribution is 6.85. The largest absolute Gasteiger partial charge is 0.415 e. The van der Waals surface area contributed by atoms with Gasteiger partial charge in [0.2, 0.25) is 8.32 Å². The van der Waals surface area contributed by atoms with Gasteiger partial charge in [-0.1, -0.05) is 36.8 Å². The van der Waals surface area contributed by atoms with Gasteiger partial charge in [-0.05, 0) is 64.6 Å². The van der Waals surface area contributed by atoms with E-state index in [1.807, 2.05) is 0 Å². The first kappa shape index (κ1) is 19.6. The van der Waals surface area contributed by atoms with Crippen molar-refractivity contribution in [2.75, 3.05) is 0 Å². The fraction of sp³-hybridized carbons (Fsp3) is 0.667. The van der Waals surface area contributed by atoms with Crippen LogP contribution in [0.25, 0.3) is 0 Å². The van der Waals surface area contributed by atoms with E-state index in [0.29, 0.717) is 6.10 Å². The Labute approximate surface area is 139 Å². The third-order valence-corrected chi connectivity index (χ3v) is 10.4. The quantitative estimate of drug-likeness (QED) is 0.595. The van der Waals surface area contributed by atoms with Crippen LogP contribution in [0.2, 0.25) is 31.7 Å². The molecule has 22 heavy (non-hydrogen) atoms. The summed E-state index contributed by atoms with van der Waals surface area (Å²) in [6, 6.07) is 13.2. The molecule has 1 rings (SSSR count). The van der Waals surface area contributed by atoms with Crippen LogP contribution in [-0.2, 0) is 8.85 Å². The summed E-state index contributed by atoms with van der Waals surface area (Å²) in [4.78, 5) is 0. The van der Waals surface area contributed by atoms with Crippen LogP contribution in [0.4, 0.5) is 0 Å². The van der Waals surface area contributed by atoms with Crippen LogP contribution in [0, 0.1) is 0 Å². The molecule has 0 heterocycles. The van der Waals surface area contributed by atoms with Gasteiger partial charge in [0.25, 0.3) is 0 Å². The first-order valence-corrected chi connectivity index (χ1v) is 14.3. The lowest BCUT2D eigenvalue weighted by Gasteiger charge is -2.32. The van der Waals surface area contributed by atoms with Gasteiger partial charge in [0.15, 0.2) is 8.32 Å². The molecule has 2 nitrogen and oxygen atoms in total. The summed E-state index contributed by atoms with van der Waals surface area (Å²) >= 11 is 0. The van der Waals surface area contributed by atoms with Crippen molar-refractivity contribution in [2.45, 2.75) is 78.1 Å². The van der Waals surface area contributed by atoms with E-state index in [1.54, 1.807) is 0 Å². The van der Waals surface area contributed by atoms with Crippen LogP contribution in [0.15, 0.2) is 30.3 Å². The zero-order chi connectivity index (χ0) is 16.8. The van der Waals surface area contributed by atoms with Crippen molar-refractivity contribution in [1.29, 1.82) is 0 Å². The molecule has 0 aliphatic rings. The standard InChI is InChI=1S/C18H34O2Si2/c1-16(2)19-21(5,6)14-11-15-22(7,20-17(3)4)18-12-9-8-10-13-18/h8-10,12-13,16-17H,11,14-15H2,1-7H3. The minimum absolute atomic E-state index is 0.286. The van der Waals surface area contributed by atoms with E-state index in [-0.39, 0.29) is 6.10 Å². The molecular weight excluding hydrogens is 304 g/mol. The highest BCUT2D eigenvalue weighted by Gasteiger charge is 2.33. The molecule has 1 unspecified atom stereocenters. The Morgan fingerprint density at radius 1 is 0.818 bits per heavy atom. The van der Waals surface area contributed by atoms with Gasteiger partial charge in [0.05, 0.1) is 0 Å². The number of rotatable bonds is 9. The lowest BCUT2D eigenvalue weighted by atomic mass is 10.4. The highest BCUT2D eigenvalue weighted by atomic mass is 28.4. The van der Waals surface area contributed by atoms with E-state index < -0.39 is 16.6 Å². The number of hydrogen-bond donors (Lipinski definition) is 0. The molecule has 0 saturated carbocycles. The molecule has 0 radical (unpaired) electrons. The zero-order valence-electron chi connectivity index (χ0n) is 15.5. The molecule has 0 aromatic heterocycles. The van der Waals surface area contributed by atoms with Gasteiger partial charge >= 0.3 is 0 Å². The Balaban J connectivity index is 2.71. The van der Waals surface area contributed by atoms with Crippen molar-refractivity contribution in [1.82, 2.24) is 0 Å². The van der Waals surface area contributed by atoms with Crippen molar-refractivity contribution in [3.8, 4) is 0 Å². The zero-order valence-corrected chi connectivity index (χ0v) is 17.5. The molecule has 0 spiro atoms. The maximum atomic E-state index is 6.43. The lowest BCUT2D eigenvalue weighted by Crippen LogP contribution is -2.49. The van der Waals surface area contributed by atoms with E-state index >= 15 is 0 Å². The lowest BCUT2D eigenvalue weighted by molar-refractivity contribution is 0.229. The fourth-order valence-corrected chi connectivity index (χ4v) is 9.24. The topological polar surface area (TPSA) is 18.5 Å². The Bertz CT molecular complexity index is 432. The summed E-state index contributed by atoms with van der Waals surface area (Å²) in [6.07, 6.45) is 1.83. The van der Waals surface area contributed by atoms with E-state index in [1.165, 1.54) is 23.7 Å². The summed E-state index contributed by atoms with van der Waals surface area (Å²) in [6.45, 7) is 15.6. The number of benzene rings is 1. The van der Waals surface area contributed by atoms with E-state index in [9.17, 15) is 0 Å². The monoisotopic (exact) mass is 338 g/mol. The van der Waals surface area contributed by atoms with Crippen LogP contribution in [0.5, 0.6) is 0 Å². The highest BCUT2D eigenvalue weighted by Crippen LogP contribution is 2.23. The molecule has 1 aromatic carbocycles. The summed E-state index contributed by atoms with van der Waals surface area (Å²) in [5.74, 6) is 0. The fourth-order valence-electron chi connectivity index (χ4n) is 3.13. The molecule has 0 amide bonds. The van der Waals surface area contributed by atoms with Gasteiger partial charge in [-0.2, -0.15) is 0 Å². The molecule has 0 aliphatic heterocycles. The van der Waals surface area contributed by atoms with Crippen LogP contribution < -0.4 is 5.19 Å². The van der Waals surface area contributed by atoms with Crippen molar-refractivity contribution in [3.63, 3.8) is 0 Å². The Morgan fingerprint density at radius 2 is 1.36 bits per heavy atom. The average Bonchev–Trinajstić information content (AvgIpc) is 2.37. The third kappa shape index (κ3) is 6.77. The Kier molecular flexibility index (Phi) is 7.52. The minimum atomic E-state index is -1.86. The summed E-state index contributed by atoms with van der Waals surface area (Å²) < 4.78 is 12.6. The molecule has 0 bridgehead atoms. The molecule has 126 valence electrons. The SMILES string of the molecule is CC(C)O[Si](C)(C)CCC[Si](C)(OC(C)C)c1ccccc1. The van der Waals surface area contributed by atoms with Crippen LogP contribution in [0.3, 0.4) is 0 Å². The smallest absolute Gasteiger partial charge is 0.221 e. The maximum Gasteiger partial charge on any atom is 0.221 e. The summed E-state index contributed by atoms with van der Waals surface area (Å²) in [5, 5.41) is 1.41. The minimum Gasteiger partial charge on any atom is -0.415 e. The predicted molar refractivity (Wildman–Crippen MR) is 102 cm³/mol. The first-order chi connectivity index (χ1) is 10.1. The molecule has 1 atom stereocenters. The third-order valence-electron chi connectivity index (χ3n) is 3.87. The van der Waals surface area contributed by atoms with Gasteiger partial charge in [0, 0.05) is 12.2 Å². The second-order valence-electron chi connectivity index (χ2n) is 7.54. The molecule has 0 N–H and O–H groups in total. The molecule has 0 aliphatic carbocycles. The number of hydrogen-bond acceptors (Lipinski definition) is 2. The van der Waals surface area contributed by atoms with Crippen LogP contribution in [0.1, 0.15) is 34.1 Å². The molecule has 0 fully saturated rings. The van der Waals surface area contributed by atoms with Gasteiger partial charge in [-0.3, -0.25) is 0 Å². The van der Waals surface area contributed by atoms with Crippen LogP contribution >= 0.6 is 0 Å².